The summed E-state index contributed by atoms with van der Waals surface area (Å²) in [5.41, 5.74) is 1.01. The first-order valence-electron chi connectivity index (χ1n) is 8.35. The highest BCUT2D eigenvalue weighted by Crippen LogP contribution is 2.12. The fourth-order valence-electron chi connectivity index (χ4n) is 2.90. The Morgan fingerprint density at radius 3 is 2.83 bits per heavy atom. The molecular formula is C16H29N5O2. The average molecular weight is 323 g/mol. The number of amides is 2. The predicted octanol–water partition coefficient (Wildman–Crippen LogP) is 1.28. The second-order valence-electron chi connectivity index (χ2n) is 6.25. The molecular weight excluding hydrogens is 294 g/mol. The van der Waals surface area contributed by atoms with Gasteiger partial charge in [0.25, 0.3) is 0 Å². The zero-order chi connectivity index (χ0) is 16.7. The standard InChI is InChI=1S/C16H29N5O2/c1-13(14-11-17-20(2)12-14)18-16(22)19-15-5-8-21(9-6-15)7-4-10-23-3/h11-13,15H,4-10H2,1-3H3,(H2,18,19,22)/t13-/m0/s1. The van der Waals surface area contributed by atoms with Crippen LogP contribution in [0.4, 0.5) is 4.79 Å². The molecule has 0 unspecified atom stereocenters. The van der Waals surface area contributed by atoms with Crippen molar-refractivity contribution in [2.45, 2.75) is 38.3 Å². The number of aryl methyl sites for hydroxylation is 1. The maximum Gasteiger partial charge on any atom is 0.315 e. The molecule has 0 bridgehead atoms. The molecule has 2 N–H and O–H groups in total. The van der Waals surface area contributed by atoms with Crippen molar-refractivity contribution in [3.8, 4) is 0 Å². The summed E-state index contributed by atoms with van der Waals surface area (Å²) < 4.78 is 6.82. The van der Waals surface area contributed by atoms with Crippen LogP contribution in [0.1, 0.15) is 37.8 Å². The van der Waals surface area contributed by atoms with Crippen LogP contribution in [0.2, 0.25) is 0 Å². The Labute approximate surface area is 138 Å². The molecule has 0 spiro atoms. The summed E-state index contributed by atoms with van der Waals surface area (Å²) in [5, 5.41) is 10.2. The van der Waals surface area contributed by atoms with Crippen molar-refractivity contribution in [3.63, 3.8) is 0 Å². The molecule has 2 rings (SSSR count). The van der Waals surface area contributed by atoms with E-state index >= 15 is 0 Å². The number of methoxy groups -OCH3 is 1. The molecule has 130 valence electrons. The zero-order valence-electron chi connectivity index (χ0n) is 14.4. The molecule has 2 amide bonds. The summed E-state index contributed by atoms with van der Waals surface area (Å²) in [4.78, 5) is 14.6. The molecule has 23 heavy (non-hydrogen) atoms. The lowest BCUT2D eigenvalue weighted by atomic mass is 10.1. The highest BCUT2D eigenvalue weighted by molar-refractivity contribution is 5.74. The largest absolute Gasteiger partial charge is 0.385 e. The molecule has 0 saturated carbocycles. The van der Waals surface area contributed by atoms with Crippen molar-refractivity contribution in [3.05, 3.63) is 18.0 Å². The third-order valence-electron chi connectivity index (χ3n) is 4.32. The molecule has 1 atom stereocenters. The van der Waals surface area contributed by atoms with Crippen LogP contribution < -0.4 is 10.6 Å². The monoisotopic (exact) mass is 323 g/mol. The van der Waals surface area contributed by atoms with Crippen LogP contribution in [0, 0.1) is 0 Å². The van der Waals surface area contributed by atoms with Crippen molar-refractivity contribution >= 4 is 6.03 Å². The van der Waals surface area contributed by atoms with E-state index in [4.69, 9.17) is 4.74 Å². The number of nitrogens with zero attached hydrogens (tertiary/aromatic N) is 3. The van der Waals surface area contributed by atoms with E-state index < -0.39 is 0 Å². The fraction of sp³-hybridized carbons (Fsp3) is 0.750. The molecule has 0 aliphatic carbocycles. The quantitative estimate of drug-likeness (QED) is 0.742. The maximum atomic E-state index is 12.1. The van der Waals surface area contributed by atoms with Gasteiger partial charge in [-0.1, -0.05) is 0 Å². The lowest BCUT2D eigenvalue weighted by Gasteiger charge is -2.32. The normalized spacial score (nSPS) is 17.9. The number of hydrogen-bond donors (Lipinski definition) is 2. The number of carbonyl (C=O) groups excluding carboxylic acids is 1. The summed E-state index contributed by atoms with van der Waals surface area (Å²) in [6, 6.07) is 0.117. The lowest BCUT2D eigenvalue weighted by molar-refractivity contribution is 0.153. The van der Waals surface area contributed by atoms with Crippen LogP contribution in [-0.4, -0.2) is 60.1 Å². The first kappa shape index (κ1) is 17.7. The first-order chi connectivity index (χ1) is 11.1. The van der Waals surface area contributed by atoms with Gasteiger partial charge < -0.3 is 20.3 Å². The molecule has 0 aromatic carbocycles. The maximum absolute atomic E-state index is 12.1. The van der Waals surface area contributed by atoms with Crippen LogP contribution >= 0.6 is 0 Å². The van der Waals surface area contributed by atoms with E-state index in [2.05, 4.69) is 20.6 Å². The summed E-state index contributed by atoms with van der Waals surface area (Å²) in [6.07, 6.45) is 6.77. The number of piperidine rings is 1. The number of likely N-dealkylation sites (tertiary alicyclic amines) is 1. The molecule has 7 nitrogen and oxygen atoms in total. The van der Waals surface area contributed by atoms with E-state index in [0.29, 0.717) is 0 Å². The Bertz CT molecular complexity index is 483. The van der Waals surface area contributed by atoms with Crippen LogP contribution in [0.15, 0.2) is 12.4 Å². The van der Waals surface area contributed by atoms with Gasteiger partial charge in [-0.3, -0.25) is 4.68 Å². The fourth-order valence-corrected chi connectivity index (χ4v) is 2.90. The van der Waals surface area contributed by atoms with Gasteiger partial charge in [0.2, 0.25) is 0 Å². The smallest absolute Gasteiger partial charge is 0.315 e. The molecule has 1 aliphatic rings. The van der Waals surface area contributed by atoms with Crippen molar-refractivity contribution < 1.29 is 9.53 Å². The first-order valence-corrected chi connectivity index (χ1v) is 8.35. The lowest BCUT2D eigenvalue weighted by Crippen LogP contribution is -2.48. The van der Waals surface area contributed by atoms with Gasteiger partial charge in [0.05, 0.1) is 12.2 Å². The Balaban J connectivity index is 1.66. The number of nitrogens with one attached hydrogen (secondary N) is 2. The molecule has 1 aromatic heterocycles. The van der Waals surface area contributed by atoms with Crippen LogP contribution in [0.3, 0.4) is 0 Å². The summed E-state index contributed by atoms with van der Waals surface area (Å²) in [6.45, 7) is 5.92. The van der Waals surface area contributed by atoms with E-state index in [1.165, 1.54) is 0 Å². The summed E-state index contributed by atoms with van der Waals surface area (Å²) >= 11 is 0. The Morgan fingerprint density at radius 1 is 1.48 bits per heavy atom. The molecule has 1 aliphatic heterocycles. The number of carbonyl (C=O) groups is 1. The van der Waals surface area contributed by atoms with E-state index in [1.54, 1.807) is 18.0 Å². The molecule has 1 saturated heterocycles. The highest BCUT2D eigenvalue weighted by Gasteiger charge is 2.21. The number of ether oxygens (including phenoxy) is 1. The van der Waals surface area contributed by atoms with Gasteiger partial charge in [-0.25, -0.2) is 4.79 Å². The number of rotatable bonds is 7. The average Bonchev–Trinajstić information content (AvgIpc) is 2.96. The second-order valence-corrected chi connectivity index (χ2v) is 6.25. The van der Waals surface area contributed by atoms with Crippen molar-refractivity contribution in [1.29, 1.82) is 0 Å². The van der Waals surface area contributed by atoms with Crippen molar-refractivity contribution in [1.82, 2.24) is 25.3 Å². The van der Waals surface area contributed by atoms with Gasteiger partial charge in [0.1, 0.15) is 0 Å². The summed E-state index contributed by atoms with van der Waals surface area (Å²) in [5.74, 6) is 0. The number of urea groups is 1. The van der Waals surface area contributed by atoms with Crippen LogP contribution in [-0.2, 0) is 11.8 Å². The third-order valence-corrected chi connectivity index (χ3v) is 4.32. The summed E-state index contributed by atoms with van der Waals surface area (Å²) in [7, 11) is 3.61. The molecule has 1 fully saturated rings. The Morgan fingerprint density at radius 2 is 2.22 bits per heavy atom. The van der Waals surface area contributed by atoms with Crippen LogP contribution in [0.25, 0.3) is 0 Å². The highest BCUT2D eigenvalue weighted by atomic mass is 16.5. The number of aromatic nitrogens is 2. The van der Waals surface area contributed by atoms with Gasteiger partial charge in [-0.05, 0) is 26.2 Å². The van der Waals surface area contributed by atoms with Gasteiger partial charge in [0, 0.05) is 58.2 Å². The van der Waals surface area contributed by atoms with E-state index in [9.17, 15) is 4.79 Å². The predicted molar refractivity (Wildman–Crippen MR) is 89.2 cm³/mol. The van der Waals surface area contributed by atoms with Gasteiger partial charge >= 0.3 is 6.03 Å². The van der Waals surface area contributed by atoms with Crippen LogP contribution in [0.5, 0.6) is 0 Å². The van der Waals surface area contributed by atoms with Gasteiger partial charge in [-0.15, -0.1) is 0 Å². The minimum absolute atomic E-state index is 0.0437. The molecule has 7 heteroatoms. The van der Waals surface area contributed by atoms with Crippen molar-refractivity contribution in [2.75, 3.05) is 33.4 Å². The van der Waals surface area contributed by atoms with E-state index in [-0.39, 0.29) is 18.1 Å². The minimum Gasteiger partial charge on any atom is -0.385 e. The zero-order valence-corrected chi connectivity index (χ0v) is 14.4. The minimum atomic E-state index is -0.0980. The Hall–Kier alpha value is -1.60. The third kappa shape index (κ3) is 5.84. The second kappa shape index (κ2) is 8.88. The molecule has 1 aromatic rings. The van der Waals surface area contributed by atoms with Crippen molar-refractivity contribution in [2.24, 2.45) is 7.05 Å². The number of hydrogen-bond acceptors (Lipinski definition) is 4. The van der Waals surface area contributed by atoms with Gasteiger partial charge in [0.15, 0.2) is 0 Å². The molecule has 2 heterocycles. The van der Waals surface area contributed by atoms with E-state index in [0.717, 1.165) is 51.1 Å². The Kier molecular flexibility index (Phi) is 6.85. The SMILES string of the molecule is COCCCN1CCC(NC(=O)N[C@@H](C)c2cnn(C)c2)CC1. The molecule has 0 radical (unpaired) electrons. The topological polar surface area (TPSA) is 71.4 Å². The van der Waals surface area contributed by atoms with Gasteiger partial charge in [-0.2, -0.15) is 5.10 Å². The van der Waals surface area contributed by atoms with E-state index in [1.807, 2.05) is 20.2 Å².